The third-order valence-corrected chi connectivity index (χ3v) is 4.32. The Morgan fingerprint density at radius 3 is 2.89 bits per heavy atom. The maximum absolute atomic E-state index is 5.38. The first-order chi connectivity index (χ1) is 9.36. The van der Waals surface area contributed by atoms with Gasteiger partial charge in [0, 0.05) is 24.7 Å². The van der Waals surface area contributed by atoms with Gasteiger partial charge in [-0.15, -0.1) is 0 Å². The highest BCUT2D eigenvalue weighted by atomic mass is 16.5. The number of nitrogens with one attached hydrogen (secondary N) is 1. The molecule has 0 spiro atoms. The number of hydrogen-bond acceptors (Lipinski definition) is 3. The highest BCUT2D eigenvalue weighted by Crippen LogP contribution is 2.31. The van der Waals surface area contributed by atoms with E-state index >= 15 is 0 Å². The quantitative estimate of drug-likeness (QED) is 0.849. The Morgan fingerprint density at radius 1 is 1.26 bits per heavy atom. The average molecular weight is 260 g/mol. The summed E-state index contributed by atoms with van der Waals surface area (Å²) < 4.78 is 5.38. The van der Waals surface area contributed by atoms with E-state index in [-0.39, 0.29) is 0 Å². The van der Waals surface area contributed by atoms with Crippen molar-refractivity contribution in [3.63, 3.8) is 0 Å². The van der Waals surface area contributed by atoms with Crippen LogP contribution in [-0.4, -0.2) is 37.7 Å². The summed E-state index contributed by atoms with van der Waals surface area (Å²) in [5, 5.41) is 3.59. The normalized spacial score (nSPS) is 23.7. The molecule has 3 nitrogen and oxygen atoms in total. The van der Waals surface area contributed by atoms with Crippen LogP contribution in [0.5, 0.6) is 5.75 Å². The van der Waals surface area contributed by atoms with Gasteiger partial charge in [-0.3, -0.25) is 0 Å². The molecule has 0 radical (unpaired) electrons. The van der Waals surface area contributed by atoms with Crippen LogP contribution in [0.4, 0.5) is 0 Å². The maximum atomic E-state index is 5.38. The van der Waals surface area contributed by atoms with Crippen LogP contribution in [-0.2, 0) is 6.54 Å². The summed E-state index contributed by atoms with van der Waals surface area (Å²) >= 11 is 0. The van der Waals surface area contributed by atoms with E-state index in [1.807, 2.05) is 12.1 Å². The minimum Gasteiger partial charge on any atom is -0.496 e. The molecule has 1 atom stereocenters. The summed E-state index contributed by atoms with van der Waals surface area (Å²) in [6.07, 6.45) is 4.22. The second-order valence-corrected chi connectivity index (χ2v) is 5.82. The molecule has 1 aromatic carbocycles. The molecule has 0 aromatic heterocycles. The lowest BCUT2D eigenvalue weighted by atomic mass is 10.1. The standard InChI is InChI=1S/C16H24N2O/c1-19-16-5-3-2-4-14(16)11-17-10-13-8-9-18(12-13)15-6-7-15/h2-5,13,15,17H,6-12H2,1H3/t13-/m1/s1. The van der Waals surface area contributed by atoms with Gasteiger partial charge >= 0.3 is 0 Å². The fourth-order valence-corrected chi connectivity index (χ4v) is 3.06. The lowest BCUT2D eigenvalue weighted by Gasteiger charge is -2.15. The molecule has 19 heavy (non-hydrogen) atoms. The molecule has 0 bridgehead atoms. The Hall–Kier alpha value is -1.06. The van der Waals surface area contributed by atoms with Gasteiger partial charge in [-0.1, -0.05) is 18.2 Å². The van der Waals surface area contributed by atoms with Crippen LogP contribution in [0.25, 0.3) is 0 Å². The smallest absolute Gasteiger partial charge is 0.123 e. The first-order valence-corrected chi connectivity index (χ1v) is 7.43. The summed E-state index contributed by atoms with van der Waals surface area (Å²) in [5.41, 5.74) is 1.25. The molecule has 104 valence electrons. The van der Waals surface area contributed by atoms with Crippen molar-refractivity contribution >= 4 is 0 Å². The van der Waals surface area contributed by atoms with Gasteiger partial charge in [-0.2, -0.15) is 0 Å². The van der Waals surface area contributed by atoms with Gasteiger partial charge in [0.15, 0.2) is 0 Å². The Kier molecular flexibility index (Phi) is 4.04. The number of benzene rings is 1. The average Bonchev–Trinajstić information content (AvgIpc) is 3.19. The number of rotatable bonds is 6. The summed E-state index contributed by atoms with van der Waals surface area (Å²) in [5.74, 6) is 1.82. The molecular formula is C16H24N2O. The molecular weight excluding hydrogens is 236 g/mol. The van der Waals surface area contributed by atoms with Crippen molar-refractivity contribution in [2.24, 2.45) is 5.92 Å². The van der Waals surface area contributed by atoms with Gasteiger partial charge in [0.25, 0.3) is 0 Å². The molecule has 1 aliphatic carbocycles. The van der Waals surface area contributed by atoms with Crippen LogP contribution in [0.1, 0.15) is 24.8 Å². The lowest BCUT2D eigenvalue weighted by molar-refractivity contribution is 0.311. The molecule has 1 heterocycles. The van der Waals surface area contributed by atoms with Crippen LogP contribution >= 0.6 is 0 Å². The first-order valence-electron chi connectivity index (χ1n) is 7.43. The van der Waals surface area contributed by atoms with Crippen LogP contribution in [0, 0.1) is 5.92 Å². The predicted molar refractivity (Wildman–Crippen MR) is 77.4 cm³/mol. The highest BCUT2D eigenvalue weighted by molar-refractivity contribution is 5.32. The topological polar surface area (TPSA) is 24.5 Å². The molecule has 3 heteroatoms. The zero-order valence-electron chi connectivity index (χ0n) is 11.8. The van der Waals surface area contributed by atoms with Crippen LogP contribution in [0.3, 0.4) is 0 Å². The summed E-state index contributed by atoms with van der Waals surface area (Å²) in [4.78, 5) is 2.68. The fourth-order valence-electron chi connectivity index (χ4n) is 3.06. The number of methoxy groups -OCH3 is 1. The van der Waals surface area contributed by atoms with Gasteiger partial charge in [0.05, 0.1) is 7.11 Å². The van der Waals surface area contributed by atoms with E-state index < -0.39 is 0 Å². The number of likely N-dealkylation sites (tertiary alicyclic amines) is 1. The van der Waals surface area contributed by atoms with E-state index in [9.17, 15) is 0 Å². The number of ether oxygens (including phenoxy) is 1. The Bertz CT molecular complexity index is 417. The molecule has 1 aromatic rings. The molecule has 1 aliphatic heterocycles. The zero-order valence-corrected chi connectivity index (χ0v) is 11.8. The third kappa shape index (κ3) is 3.28. The fraction of sp³-hybridized carbons (Fsp3) is 0.625. The molecule has 1 saturated carbocycles. The van der Waals surface area contributed by atoms with Crippen molar-refractivity contribution in [2.75, 3.05) is 26.7 Å². The van der Waals surface area contributed by atoms with E-state index in [1.54, 1.807) is 7.11 Å². The van der Waals surface area contributed by atoms with E-state index in [0.29, 0.717) is 0 Å². The number of para-hydroxylation sites is 1. The molecule has 3 rings (SSSR count). The molecule has 0 unspecified atom stereocenters. The lowest BCUT2D eigenvalue weighted by Crippen LogP contribution is -2.27. The Balaban J connectivity index is 1.43. The minimum atomic E-state index is 0.829. The van der Waals surface area contributed by atoms with Crippen molar-refractivity contribution in [1.82, 2.24) is 10.2 Å². The first kappa shape index (κ1) is 12.9. The van der Waals surface area contributed by atoms with Crippen LogP contribution < -0.4 is 10.1 Å². The number of nitrogens with zero attached hydrogens (tertiary/aromatic N) is 1. The van der Waals surface area contributed by atoms with Crippen LogP contribution in [0.15, 0.2) is 24.3 Å². The monoisotopic (exact) mass is 260 g/mol. The SMILES string of the molecule is COc1ccccc1CNC[C@H]1CCN(C2CC2)C1. The van der Waals surface area contributed by atoms with Crippen molar-refractivity contribution < 1.29 is 4.74 Å². The predicted octanol–water partition coefficient (Wildman–Crippen LogP) is 2.27. The third-order valence-electron chi connectivity index (χ3n) is 4.32. The maximum Gasteiger partial charge on any atom is 0.123 e. The van der Waals surface area contributed by atoms with Gasteiger partial charge < -0.3 is 15.0 Å². The van der Waals surface area contributed by atoms with E-state index in [4.69, 9.17) is 4.74 Å². The molecule has 1 saturated heterocycles. The van der Waals surface area contributed by atoms with Crippen molar-refractivity contribution in [3.05, 3.63) is 29.8 Å². The minimum absolute atomic E-state index is 0.829. The molecule has 2 fully saturated rings. The summed E-state index contributed by atoms with van der Waals surface area (Å²) in [6.45, 7) is 4.64. The van der Waals surface area contributed by atoms with E-state index in [2.05, 4.69) is 22.3 Å². The van der Waals surface area contributed by atoms with Crippen molar-refractivity contribution in [1.29, 1.82) is 0 Å². The highest BCUT2D eigenvalue weighted by Gasteiger charge is 2.33. The number of hydrogen-bond donors (Lipinski definition) is 1. The van der Waals surface area contributed by atoms with E-state index in [0.717, 1.165) is 30.8 Å². The second-order valence-electron chi connectivity index (χ2n) is 5.82. The molecule has 0 amide bonds. The van der Waals surface area contributed by atoms with Gasteiger partial charge in [-0.25, -0.2) is 0 Å². The summed E-state index contributed by atoms with van der Waals surface area (Å²) in [6, 6.07) is 9.19. The molecule has 1 N–H and O–H groups in total. The Morgan fingerprint density at radius 2 is 2.11 bits per heavy atom. The van der Waals surface area contributed by atoms with Crippen molar-refractivity contribution in [3.8, 4) is 5.75 Å². The van der Waals surface area contributed by atoms with Gasteiger partial charge in [0.1, 0.15) is 5.75 Å². The molecule has 2 aliphatic rings. The second kappa shape index (κ2) is 5.93. The Labute approximate surface area is 115 Å². The summed E-state index contributed by atoms with van der Waals surface area (Å²) in [7, 11) is 1.74. The van der Waals surface area contributed by atoms with Crippen LogP contribution in [0.2, 0.25) is 0 Å². The van der Waals surface area contributed by atoms with Gasteiger partial charge in [0.2, 0.25) is 0 Å². The zero-order chi connectivity index (χ0) is 13.1. The van der Waals surface area contributed by atoms with Crippen molar-refractivity contribution in [2.45, 2.75) is 31.8 Å². The van der Waals surface area contributed by atoms with Gasteiger partial charge in [-0.05, 0) is 44.3 Å². The largest absolute Gasteiger partial charge is 0.496 e. The van der Waals surface area contributed by atoms with E-state index in [1.165, 1.54) is 37.9 Å².